The first-order chi connectivity index (χ1) is 9.31. The predicted octanol–water partition coefficient (Wildman–Crippen LogP) is 2.72. The molecule has 2 aromatic rings. The minimum atomic E-state index is -3.61. The summed E-state index contributed by atoms with van der Waals surface area (Å²) in [5.74, 6) is 0. The molecule has 1 heterocycles. The fourth-order valence-corrected chi connectivity index (χ4v) is 3.78. The number of rotatable bonds is 4. The molecule has 108 valence electrons. The molecule has 0 fully saturated rings. The van der Waals surface area contributed by atoms with Crippen molar-refractivity contribution in [1.29, 1.82) is 0 Å². The van der Waals surface area contributed by atoms with Crippen molar-refractivity contribution in [2.45, 2.75) is 31.7 Å². The van der Waals surface area contributed by atoms with Gasteiger partial charge in [0, 0.05) is 11.1 Å². The van der Waals surface area contributed by atoms with E-state index in [1.54, 1.807) is 45.0 Å². The number of hydrogen-bond acceptors (Lipinski definition) is 3. The molecule has 0 bridgehead atoms. The van der Waals surface area contributed by atoms with Crippen molar-refractivity contribution in [3.8, 4) is 0 Å². The second kappa shape index (κ2) is 5.55. The van der Waals surface area contributed by atoms with Crippen molar-refractivity contribution in [2.75, 3.05) is 0 Å². The molecule has 0 amide bonds. The summed E-state index contributed by atoms with van der Waals surface area (Å²) in [4.78, 5) is 0.207. The first-order valence-electron chi connectivity index (χ1n) is 6.10. The summed E-state index contributed by atoms with van der Waals surface area (Å²) >= 11 is 5.82. The molecule has 0 aliphatic carbocycles. The second-order valence-corrected chi connectivity index (χ2v) is 6.74. The average Bonchev–Trinajstić information content (AvgIpc) is 2.69. The third-order valence-electron chi connectivity index (χ3n) is 3.03. The molecule has 1 aromatic carbocycles. The molecule has 0 spiro atoms. The van der Waals surface area contributed by atoms with Crippen LogP contribution in [0, 0.1) is 13.8 Å². The molecule has 2 rings (SSSR count). The predicted molar refractivity (Wildman–Crippen MR) is 78.3 cm³/mol. The zero-order valence-corrected chi connectivity index (χ0v) is 13.0. The summed E-state index contributed by atoms with van der Waals surface area (Å²) in [6.45, 7) is 5.12. The Morgan fingerprint density at radius 2 is 1.85 bits per heavy atom. The summed E-state index contributed by atoms with van der Waals surface area (Å²) in [5.41, 5.74) is 1.83. The zero-order valence-electron chi connectivity index (χ0n) is 11.4. The standard InChI is InChI=1S/C13H16ClN3O2S/c1-8(11-4-6-12(14)7-5-11)17-20(18,19)13-9(2)15-16-10(13)3/h4-8,17H,1-3H3,(H,15,16). The van der Waals surface area contributed by atoms with E-state index in [1.807, 2.05) is 0 Å². The van der Waals surface area contributed by atoms with Gasteiger partial charge in [0.2, 0.25) is 10.0 Å². The number of H-pyrrole nitrogens is 1. The lowest BCUT2D eigenvalue weighted by atomic mass is 10.1. The van der Waals surface area contributed by atoms with Crippen LogP contribution in [-0.4, -0.2) is 18.6 Å². The maximum absolute atomic E-state index is 12.4. The Kier molecular flexibility index (Phi) is 4.17. The highest BCUT2D eigenvalue weighted by Gasteiger charge is 2.24. The van der Waals surface area contributed by atoms with Gasteiger partial charge < -0.3 is 0 Å². The van der Waals surface area contributed by atoms with E-state index >= 15 is 0 Å². The van der Waals surface area contributed by atoms with Gasteiger partial charge in [-0.1, -0.05) is 23.7 Å². The molecule has 0 aliphatic rings. The largest absolute Gasteiger partial charge is 0.281 e. The monoisotopic (exact) mass is 313 g/mol. The van der Waals surface area contributed by atoms with Gasteiger partial charge in [-0.2, -0.15) is 5.10 Å². The van der Waals surface area contributed by atoms with E-state index in [0.717, 1.165) is 5.56 Å². The van der Waals surface area contributed by atoms with Crippen molar-refractivity contribution in [2.24, 2.45) is 0 Å². The number of benzene rings is 1. The van der Waals surface area contributed by atoms with Gasteiger partial charge in [-0.3, -0.25) is 5.10 Å². The summed E-state index contributed by atoms with van der Waals surface area (Å²) in [5, 5.41) is 7.21. The Hall–Kier alpha value is -1.37. The second-order valence-electron chi connectivity index (χ2n) is 4.66. The third-order valence-corrected chi connectivity index (χ3v) is 5.09. The van der Waals surface area contributed by atoms with Gasteiger partial charge >= 0.3 is 0 Å². The van der Waals surface area contributed by atoms with Crippen molar-refractivity contribution >= 4 is 21.6 Å². The van der Waals surface area contributed by atoms with Crippen LogP contribution >= 0.6 is 11.6 Å². The van der Waals surface area contributed by atoms with E-state index in [1.165, 1.54) is 0 Å². The molecule has 0 aliphatic heterocycles. The molecular formula is C13H16ClN3O2S. The molecule has 1 atom stereocenters. The lowest BCUT2D eigenvalue weighted by Crippen LogP contribution is -2.27. The molecule has 7 heteroatoms. The van der Waals surface area contributed by atoms with Crippen molar-refractivity contribution in [3.63, 3.8) is 0 Å². The lowest BCUT2D eigenvalue weighted by Gasteiger charge is -2.15. The van der Waals surface area contributed by atoms with E-state index in [-0.39, 0.29) is 10.9 Å². The van der Waals surface area contributed by atoms with Crippen LogP contribution in [0.1, 0.15) is 29.9 Å². The van der Waals surface area contributed by atoms with Crippen LogP contribution < -0.4 is 4.72 Å². The van der Waals surface area contributed by atoms with Gasteiger partial charge in [0.15, 0.2) is 0 Å². The van der Waals surface area contributed by atoms with E-state index in [0.29, 0.717) is 16.4 Å². The Morgan fingerprint density at radius 3 is 2.35 bits per heavy atom. The van der Waals surface area contributed by atoms with Crippen LogP contribution in [0.3, 0.4) is 0 Å². The maximum atomic E-state index is 12.4. The minimum Gasteiger partial charge on any atom is -0.281 e. The van der Waals surface area contributed by atoms with E-state index < -0.39 is 10.0 Å². The van der Waals surface area contributed by atoms with Crippen LogP contribution in [0.15, 0.2) is 29.2 Å². The number of aromatic nitrogens is 2. The Bertz CT molecular complexity index is 688. The van der Waals surface area contributed by atoms with Gasteiger partial charge in [0.05, 0.1) is 11.4 Å². The summed E-state index contributed by atoms with van der Waals surface area (Å²) in [6.07, 6.45) is 0. The van der Waals surface area contributed by atoms with Crippen molar-refractivity contribution in [3.05, 3.63) is 46.2 Å². The van der Waals surface area contributed by atoms with Crippen LogP contribution in [0.25, 0.3) is 0 Å². The number of sulfonamides is 1. The van der Waals surface area contributed by atoms with Crippen LogP contribution in [0.5, 0.6) is 0 Å². The van der Waals surface area contributed by atoms with Gasteiger partial charge in [0.1, 0.15) is 4.90 Å². The van der Waals surface area contributed by atoms with Crippen molar-refractivity contribution in [1.82, 2.24) is 14.9 Å². The molecule has 0 saturated heterocycles. The molecule has 1 aromatic heterocycles. The molecule has 2 N–H and O–H groups in total. The smallest absolute Gasteiger partial charge is 0.244 e. The first-order valence-corrected chi connectivity index (χ1v) is 7.96. The summed E-state index contributed by atoms with van der Waals surface area (Å²) in [6, 6.07) is 6.70. The van der Waals surface area contributed by atoms with Gasteiger partial charge in [-0.05, 0) is 38.5 Å². The fraction of sp³-hybridized carbons (Fsp3) is 0.308. The highest BCUT2D eigenvalue weighted by atomic mass is 35.5. The summed E-state index contributed by atoms with van der Waals surface area (Å²) in [7, 11) is -3.61. The fourth-order valence-electron chi connectivity index (χ4n) is 2.05. The molecule has 0 saturated carbocycles. The normalized spacial score (nSPS) is 13.4. The number of aryl methyl sites for hydroxylation is 2. The van der Waals surface area contributed by atoms with Crippen LogP contribution in [-0.2, 0) is 10.0 Å². The van der Waals surface area contributed by atoms with Crippen LogP contribution in [0.4, 0.5) is 0 Å². The van der Waals surface area contributed by atoms with E-state index in [4.69, 9.17) is 11.6 Å². The highest BCUT2D eigenvalue weighted by molar-refractivity contribution is 7.89. The first kappa shape index (κ1) is 15.0. The van der Waals surface area contributed by atoms with Gasteiger partial charge in [-0.25, -0.2) is 13.1 Å². The number of halogens is 1. The number of hydrogen-bond donors (Lipinski definition) is 2. The maximum Gasteiger partial charge on any atom is 0.244 e. The Labute approximate surface area is 123 Å². The number of aromatic amines is 1. The van der Waals surface area contributed by atoms with Gasteiger partial charge in [0.25, 0.3) is 0 Å². The summed E-state index contributed by atoms with van der Waals surface area (Å²) < 4.78 is 27.4. The topological polar surface area (TPSA) is 74.8 Å². The van der Waals surface area contributed by atoms with E-state index in [9.17, 15) is 8.42 Å². The molecule has 0 radical (unpaired) electrons. The van der Waals surface area contributed by atoms with Crippen LogP contribution in [0.2, 0.25) is 5.02 Å². The lowest BCUT2D eigenvalue weighted by molar-refractivity contribution is 0.566. The highest BCUT2D eigenvalue weighted by Crippen LogP contribution is 2.21. The Morgan fingerprint density at radius 1 is 1.25 bits per heavy atom. The molecular weight excluding hydrogens is 298 g/mol. The SMILES string of the molecule is Cc1n[nH]c(C)c1S(=O)(=O)NC(C)c1ccc(Cl)cc1. The molecule has 5 nitrogen and oxygen atoms in total. The van der Waals surface area contributed by atoms with E-state index in [2.05, 4.69) is 14.9 Å². The zero-order chi connectivity index (χ0) is 14.9. The van der Waals surface area contributed by atoms with Gasteiger partial charge in [-0.15, -0.1) is 0 Å². The molecule has 1 unspecified atom stereocenters. The minimum absolute atomic E-state index is 0.207. The Balaban J connectivity index is 2.27. The number of nitrogens with one attached hydrogen (secondary N) is 2. The quantitative estimate of drug-likeness (QED) is 0.911. The third kappa shape index (κ3) is 3.03. The molecule has 20 heavy (non-hydrogen) atoms. The number of nitrogens with zero attached hydrogens (tertiary/aromatic N) is 1. The average molecular weight is 314 g/mol. The van der Waals surface area contributed by atoms with Crippen molar-refractivity contribution < 1.29 is 8.42 Å².